The number of halogens is 2. The summed E-state index contributed by atoms with van der Waals surface area (Å²) in [7, 11) is 0. The van der Waals surface area contributed by atoms with Gasteiger partial charge in [-0.15, -0.1) is 0 Å². The highest BCUT2D eigenvalue weighted by Crippen LogP contribution is 2.43. The van der Waals surface area contributed by atoms with Crippen LogP contribution in [0.25, 0.3) is 11.1 Å². The summed E-state index contributed by atoms with van der Waals surface area (Å²) in [5.41, 5.74) is 2.88. The molecule has 2 aromatic heterocycles. The lowest BCUT2D eigenvalue weighted by atomic mass is 9.95. The van der Waals surface area contributed by atoms with E-state index in [9.17, 15) is 9.59 Å². The Bertz CT molecular complexity index is 1390. The number of urea groups is 1. The zero-order chi connectivity index (χ0) is 25.5. The molecular formula is C27H26ClFN4O4. The zero-order valence-corrected chi connectivity index (χ0v) is 20.8. The Hall–Kier alpha value is -3.43. The van der Waals surface area contributed by atoms with Crippen molar-refractivity contribution >= 4 is 23.3 Å². The number of anilines is 1. The lowest BCUT2D eigenvalue weighted by Crippen LogP contribution is -2.44. The number of hydrogen-bond donors (Lipinski definition) is 2. The summed E-state index contributed by atoms with van der Waals surface area (Å²) in [6.45, 7) is 2.00. The molecule has 0 unspecified atom stereocenters. The number of fused-ring (bicyclic) bond motifs is 4. The van der Waals surface area contributed by atoms with Crippen LogP contribution >= 0.6 is 11.6 Å². The van der Waals surface area contributed by atoms with Crippen LogP contribution in [0.15, 0.2) is 47.5 Å². The van der Waals surface area contributed by atoms with Gasteiger partial charge in [-0.3, -0.25) is 4.79 Å². The minimum absolute atomic E-state index is 0.0112. The number of ether oxygens (including phenoxy) is 2. The second-order valence-corrected chi connectivity index (χ2v) is 10.2. The van der Waals surface area contributed by atoms with Gasteiger partial charge in [0.2, 0.25) is 11.4 Å². The summed E-state index contributed by atoms with van der Waals surface area (Å²) < 4.78 is 26.2. The van der Waals surface area contributed by atoms with Crippen molar-refractivity contribution in [1.29, 1.82) is 0 Å². The first-order chi connectivity index (χ1) is 18.0. The molecule has 1 aromatic carbocycles. The number of nitrogens with one attached hydrogen (secondary N) is 2. The smallest absolute Gasteiger partial charge is 0.322 e. The first-order valence-corrected chi connectivity index (χ1v) is 12.8. The van der Waals surface area contributed by atoms with Crippen molar-refractivity contribution in [2.75, 3.05) is 25.1 Å². The number of carbonyl (C=O) groups is 1. The number of amides is 2. The molecule has 2 bridgehead atoms. The van der Waals surface area contributed by atoms with E-state index in [0.29, 0.717) is 47.6 Å². The predicted octanol–water partition coefficient (Wildman–Crippen LogP) is 4.94. The lowest BCUT2D eigenvalue weighted by molar-refractivity contribution is 0.165. The number of benzene rings is 1. The van der Waals surface area contributed by atoms with Crippen molar-refractivity contribution in [2.24, 2.45) is 5.92 Å². The molecule has 3 aliphatic heterocycles. The molecule has 37 heavy (non-hydrogen) atoms. The summed E-state index contributed by atoms with van der Waals surface area (Å²) >= 11 is 6.51. The average molecular weight is 525 g/mol. The number of aromatic nitrogens is 2. The highest BCUT2D eigenvalue weighted by atomic mass is 35.5. The van der Waals surface area contributed by atoms with Crippen LogP contribution < -0.4 is 15.6 Å². The van der Waals surface area contributed by atoms with Crippen LogP contribution in [0.4, 0.5) is 14.9 Å². The highest BCUT2D eigenvalue weighted by Gasteiger charge is 2.43. The lowest BCUT2D eigenvalue weighted by Gasteiger charge is -2.36. The van der Waals surface area contributed by atoms with Gasteiger partial charge in [-0.2, -0.15) is 0 Å². The third-order valence-corrected chi connectivity index (χ3v) is 7.75. The van der Waals surface area contributed by atoms with Gasteiger partial charge in [-0.05, 0) is 55.0 Å². The number of nitrogens with zero attached hydrogens (tertiary/aromatic N) is 2. The molecule has 0 aliphatic carbocycles. The fourth-order valence-corrected chi connectivity index (χ4v) is 5.82. The molecule has 0 saturated carbocycles. The van der Waals surface area contributed by atoms with E-state index in [-0.39, 0.29) is 29.4 Å². The molecule has 6 rings (SSSR count). The second kappa shape index (κ2) is 9.79. The molecular weight excluding hydrogens is 499 g/mol. The fourth-order valence-electron chi connectivity index (χ4n) is 5.55. The van der Waals surface area contributed by atoms with Crippen LogP contribution in [-0.2, 0) is 11.2 Å². The van der Waals surface area contributed by atoms with E-state index < -0.39 is 5.82 Å². The summed E-state index contributed by atoms with van der Waals surface area (Å²) in [6, 6.07) is 7.25. The monoisotopic (exact) mass is 524 g/mol. The molecule has 0 radical (unpaired) electrons. The maximum absolute atomic E-state index is 15.1. The van der Waals surface area contributed by atoms with Crippen molar-refractivity contribution in [3.8, 4) is 17.0 Å². The molecule has 2 fully saturated rings. The molecule has 8 nitrogen and oxygen atoms in total. The third kappa shape index (κ3) is 4.69. The Kier molecular flexibility index (Phi) is 6.34. The van der Waals surface area contributed by atoms with E-state index in [2.05, 4.69) is 15.3 Å². The average Bonchev–Trinajstić information content (AvgIpc) is 3.52. The molecule has 2 amide bonds. The summed E-state index contributed by atoms with van der Waals surface area (Å²) in [4.78, 5) is 33.7. The van der Waals surface area contributed by atoms with Crippen LogP contribution in [0.3, 0.4) is 0 Å². The number of aromatic amines is 1. The van der Waals surface area contributed by atoms with Crippen LogP contribution in [0.2, 0.25) is 5.02 Å². The van der Waals surface area contributed by atoms with Crippen molar-refractivity contribution in [3.63, 3.8) is 0 Å². The van der Waals surface area contributed by atoms with E-state index >= 15 is 4.39 Å². The minimum Gasteiger partial charge on any atom is -0.477 e. The van der Waals surface area contributed by atoms with Gasteiger partial charge in [0.1, 0.15) is 5.82 Å². The largest absolute Gasteiger partial charge is 0.477 e. The van der Waals surface area contributed by atoms with Gasteiger partial charge in [0.05, 0.1) is 30.0 Å². The van der Waals surface area contributed by atoms with Gasteiger partial charge in [0.15, 0.2) is 0 Å². The number of rotatable bonds is 5. The van der Waals surface area contributed by atoms with E-state index in [4.69, 9.17) is 21.1 Å². The van der Waals surface area contributed by atoms with Crippen LogP contribution in [-0.4, -0.2) is 46.8 Å². The van der Waals surface area contributed by atoms with Gasteiger partial charge < -0.3 is 24.7 Å². The van der Waals surface area contributed by atoms with Gasteiger partial charge in [0.25, 0.3) is 0 Å². The first kappa shape index (κ1) is 23.9. The molecule has 10 heteroatoms. The van der Waals surface area contributed by atoms with Crippen LogP contribution in [0.5, 0.6) is 5.88 Å². The van der Waals surface area contributed by atoms with Crippen molar-refractivity contribution < 1.29 is 18.7 Å². The van der Waals surface area contributed by atoms with Crippen molar-refractivity contribution in [3.05, 3.63) is 75.0 Å². The molecule has 2 N–H and O–H groups in total. The summed E-state index contributed by atoms with van der Waals surface area (Å²) in [6.07, 6.45) is 6.47. The number of carbonyl (C=O) groups excluding carboxylic acids is 1. The third-order valence-electron chi connectivity index (χ3n) is 7.43. The number of H-pyrrole nitrogens is 1. The molecule has 3 atom stereocenters. The van der Waals surface area contributed by atoms with Crippen molar-refractivity contribution in [1.82, 2.24) is 14.9 Å². The normalized spacial score (nSPS) is 22.1. The van der Waals surface area contributed by atoms with E-state index in [1.165, 1.54) is 12.1 Å². The van der Waals surface area contributed by atoms with Gasteiger partial charge in [-0.25, -0.2) is 14.2 Å². The summed E-state index contributed by atoms with van der Waals surface area (Å²) in [5, 5.41) is 3.00. The standard InChI is InChI=1S/C27H26ClFN4O4/c28-21-10-23(32-27(35)33-18-2-3-24(33)20-12-30-25(34)8-17(20)7-18)22(29)9-19(21)16-1-4-26(31-11-16)37-14-15-5-6-36-13-15/h1,4,8-12,15,18,24H,2-3,5-7,13-14H2,(H,30,34)(H,32,35)/t15-,18-,24+/m0/s1. The zero-order valence-electron chi connectivity index (χ0n) is 20.0. The second-order valence-electron chi connectivity index (χ2n) is 9.80. The van der Waals surface area contributed by atoms with E-state index in [1.54, 1.807) is 35.5 Å². The Balaban J connectivity index is 1.16. The maximum atomic E-state index is 15.1. The predicted molar refractivity (Wildman–Crippen MR) is 136 cm³/mol. The highest BCUT2D eigenvalue weighted by molar-refractivity contribution is 6.33. The number of hydrogen-bond acceptors (Lipinski definition) is 5. The van der Waals surface area contributed by atoms with Crippen LogP contribution in [0.1, 0.15) is 36.4 Å². The molecule has 5 heterocycles. The SMILES string of the molecule is O=C(Nc1cc(Cl)c(-c2ccc(OC[C@H]3CCOC3)nc2)cc1F)N1[C@H]2CC[C@@H]1c1c[nH]c(=O)cc1C2. The summed E-state index contributed by atoms with van der Waals surface area (Å²) in [5.74, 6) is 0.257. The Labute approximate surface area is 217 Å². The van der Waals surface area contributed by atoms with Gasteiger partial charge >= 0.3 is 6.03 Å². The van der Waals surface area contributed by atoms with E-state index in [1.807, 2.05) is 0 Å². The molecule has 0 spiro atoms. The Morgan fingerprint density at radius 2 is 2.16 bits per heavy atom. The van der Waals surface area contributed by atoms with Gasteiger partial charge in [0, 0.05) is 54.2 Å². The van der Waals surface area contributed by atoms with Gasteiger partial charge in [-0.1, -0.05) is 11.6 Å². The topological polar surface area (TPSA) is 96.6 Å². The molecule has 192 valence electrons. The quantitative estimate of drug-likeness (QED) is 0.493. The Morgan fingerprint density at radius 3 is 2.95 bits per heavy atom. The number of pyridine rings is 2. The first-order valence-electron chi connectivity index (χ1n) is 12.4. The molecule has 3 aliphatic rings. The minimum atomic E-state index is -0.594. The maximum Gasteiger partial charge on any atom is 0.322 e. The Morgan fingerprint density at radius 1 is 1.27 bits per heavy atom. The molecule has 3 aromatic rings. The van der Waals surface area contributed by atoms with Crippen molar-refractivity contribution in [2.45, 2.75) is 37.8 Å². The fraction of sp³-hybridized carbons (Fsp3) is 0.370. The van der Waals surface area contributed by atoms with Crippen LogP contribution in [0, 0.1) is 11.7 Å². The molecule has 2 saturated heterocycles. The van der Waals surface area contributed by atoms with E-state index in [0.717, 1.165) is 37.0 Å².